The van der Waals surface area contributed by atoms with Crippen LogP contribution in [0.3, 0.4) is 0 Å². The van der Waals surface area contributed by atoms with Gasteiger partial charge in [-0.25, -0.2) is 4.79 Å². The maximum atomic E-state index is 11.8. The van der Waals surface area contributed by atoms with Crippen LogP contribution < -0.4 is 10.6 Å². The van der Waals surface area contributed by atoms with Gasteiger partial charge in [0.05, 0.1) is 0 Å². The van der Waals surface area contributed by atoms with Gasteiger partial charge in [-0.2, -0.15) is 0 Å². The van der Waals surface area contributed by atoms with Crippen molar-refractivity contribution in [3.63, 3.8) is 0 Å². The second kappa shape index (κ2) is 4.97. The topological polar surface area (TPSA) is 58.2 Å². The summed E-state index contributed by atoms with van der Waals surface area (Å²) in [4.78, 5) is 22.8. The van der Waals surface area contributed by atoms with Crippen LogP contribution in [-0.4, -0.2) is 11.8 Å². The number of ketones is 1. The summed E-state index contributed by atoms with van der Waals surface area (Å²) in [5.74, 6) is -0.153. The quantitative estimate of drug-likeness (QED) is 0.649. The molecule has 1 aromatic rings. The largest absolute Gasteiger partial charge is 0.323 e. The van der Waals surface area contributed by atoms with Crippen LogP contribution in [0.1, 0.15) is 10.4 Å². The van der Waals surface area contributed by atoms with Crippen molar-refractivity contribution >= 4 is 27.7 Å². The van der Waals surface area contributed by atoms with Crippen molar-refractivity contribution in [3.8, 4) is 0 Å². The first kappa shape index (κ1) is 11.6. The van der Waals surface area contributed by atoms with Gasteiger partial charge < -0.3 is 10.6 Å². The zero-order valence-electron chi connectivity index (χ0n) is 8.74. The fourth-order valence-corrected chi connectivity index (χ4v) is 1.60. The van der Waals surface area contributed by atoms with Gasteiger partial charge in [-0.15, -0.1) is 0 Å². The number of carbonyl (C=O) groups is 2. The van der Waals surface area contributed by atoms with Gasteiger partial charge >= 0.3 is 6.03 Å². The van der Waals surface area contributed by atoms with Crippen molar-refractivity contribution < 1.29 is 9.59 Å². The predicted octanol–water partition coefficient (Wildman–Crippen LogP) is 2.34. The van der Waals surface area contributed by atoms with Crippen molar-refractivity contribution in [1.29, 1.82) is 0 Å². The molecule has 1 aliphatic rings. The summed E-state index contributed by atoms with van der Waals surface area (Å²) in [6.07, 6.45) is 4.50. The van der Waals surface area contributed by atoms with E-state index in [2.05, 4.69) is 26.6 Å². The molecule has 2 N–H and O–H groups in total. The van der Waals surface area contributed by atoms with Gasteiger partial charge in [0.2, 0.25) is 0 Å². The molecule has 1 heterocycles. The van der Waals surface area contributed by atoms with Crippen LogP contribution in [0, 0.1) is 0 Å². The summed E-state index contributed by atoms with van der Waals surface area (Å²) in [7, 11) is 0. The van der Waals surface area contributed by atoms with E-state index in [-0.39, 0.29) is 11.8 Å². The smallest absolute Gasteiger partial charge is 0.314 e. The number of carbonyl (C=O) groups excluding carboxylic acids is 2. The molecule has 1 aliphatic heterocycles. The van der Waals surface area contributed by atoms with Crippen molar-refractivity contribution in [1.82, 2.24) is 10.6 Å². The fourth-order valence-electron chi connectivity index (χ4n) is 1.34. The van der Waals surface area contributed by atoms with Crippen molar-refractivity contribution in [3.05, 3.63) is 58.4 Å². The molecule has 0 fully saturated rings. The van der Waals surface area contributed by atoms with Crippen LogP contribution in [0.4, 0.5) is 4.79 Å². The Labute approximate surface area is 107 Å². The Morgan fingerprint density at radius 2 is 1.94 bits per heavy atom. The van der Waals surface area contributed by atoms with E-state index in [0.717, 1.165) is 4.47 Å². The number of amides is 2. The van der Waals surface area contributed by atoms with Crippen LogP contribution in [0.25, 0.3) is 0 Å². The van der Waals surface area contributed by atoms with E-state index in [4.69, 9.17) is 0 Å². The molecule has 5 heteroatoms. The molecule has 0 spiro atoms. The highest BCUT2D eigenvalue weighted by molar-refractivity contribution is 9.10. The van der Waals surface area contributed by atoms with Gasteiger partial charge in [-0.05, 0) is 30.3 Å². The van der Waals surface area contributed by atoms with E-state index >= 15 is 0 Å². The van der Waals surface area contributed by atoms with E-state index in [1.165, 1.54) is 12.3 Å². The fraction of sp³-hybridized carbons (Fsp3) is 0. The summed E-state index contributed by atoms with van der Waals surface area (Å²) in [6, 6.07) is 6.68. The minimum atomic E-state index is -0.345. The Balaban J connectivity index is 2.18. The van der Waals surface area contributed by atoms with Crippen LogP contribution in [0.5, 0.6) is 0 Å². The minimum absolute atomic E-state index is 0.153. The van der Waals surface area contributed by atoms with Crippen molar-refractivity contribution in [2.24, 2.45) is 0 Å². The molecule has 0 unspecified atom stereocenters. The lowest BCUT2D eigenvalue weighted by atomic mass is 10.1. The third kappa shape index (κ3) is 3.04. The number of allylic oxidation sites excluding steroid dienone is 2. The average Bonchev–Trinajstić information content (AvgIpc) is 2.29. The molecule has 2 rings (SSSR count). The number of halogens is 1. The van der Waals surface area contributed by atoms with E-state index in [1.54, 1.807) is 30.3 Å². The summed E-state index contributed by atoms with van der Waals surface area (Å²) in [5, 5.41) is 4.97. The molecular weight excluding hydrogens is 284 g/mol. The van der Waals surface area contributed by atoms with Gasteiger partial charge in [0, 0.05) is 28.0 Å². The lowest BCUT2D eigenvalue weighted by Crippen LogP contribution is -2.34. The maximum absolute atomic E-state index is 11.8. The molecule has 17 heavy (non-hydrogen) atoms. The highest BCUT2D eigenvalue weighted by Crippen LogP contribution is 2.12. The molecular formula is C12H9BrN2O2. The lowest BCUT2D eigenvalue weighted by molar-refractivity contribution is 0.104. The molecule has 4 nitrogen and oxygen atoms in total. The SMILES string of the molecule is O=C1NC=C/C(=C/C(=O)c2ccc(Br)cc2)N1. The Kier molecular flexibility index (Phi) is 3.39. The highest BCUT2D eigenvalue weighted by Gasteiger charge is 2.08. The number of benzene rings is 1. The van der Waals surface area contributed by atoms with E-state index in [0.29, 0.717) is 11.3 Å². The average molecular weight is 293 g/mol. The summed E-state index contributed by atoms with van der Waals surface area (Å²) < 4.78 is 0.914. The molecule has 1 aromatic carbocycles. The summed E-state index contributed by atoms with van der Waals surface area (Å²) >= 11 is 3.30. The van der Waals surface area contributed by atoms with Gasteiger partial charge in [-0.1, -0.05) is 15.9 Å². The second-order valence-corrected chi connectivity index (χ2v) is 4.32. The second-order valence-electron chi connectivity index (χ2n) is 3.40. The molecule has 0 aliphatic carbocycles. The maximum Gasteiger partial charge on any atom is 0.323 e. The Hall–Kier alpha value is -1.88. The number of nitrogens with one attached hydrogen (secondary N) is 2. The minimum Gasteiger partial charge on any atom is -0.314 e. The first-order chi connectivity index (χ1) is 8.15. The van der Waals surface area contributed by atoms with Crippen molar-refractivity contribution in [2.45, 2.75) is 0 Å². The van der Waals surface area contributed by atoms with Crippen LogP contribution in [0.2, 0.25) is 0 Å². The van der Waals surface area contributed by atoms with Gasteiger partial charge in [0.15, 0.2) is 5.78 Å². The zero-order chi connectivity index (χ0) is 12.3. The normalized spacial score (nSPS) is 16.5. The first-order valence-electron chi connectivity index (χ1n) is 4.91. The zero-order valence-corrected chi connectivity index (χ0v) is 10.3. The van der Waals surface area contributed by atoms with Gasteiger partial charge in [0.25, 0.3) is 0 Å². The molecule has 0 saturated heterocycles. The molecule has 0 radical (unpaired) electrons. The summed E-state index contributed by atoms with van der Waals surface area (Å²) in [5.41, 5.74) is 1.04. The Bertz CT molecular complexity index is 518. The Morgan fingerprint density at radius 3 is 2.59 bits per heavy atom. The third-order valence-electron chi connectivity index (χ3n) is 2.15. The van der Waals surface area contributed by atoms with Crippen LogP contribution >= 0.6 is 15.9 Å². The Morgan fingerprint density at radius 1 is 1.24 bits per heavy atom. The number of hydrogen-bond acceptors (Lipinski definition) is 2. The van der Waals surface area contributed by atoms with Gasteiger partial charge in [0.1, 0.15) is 0 Å². The van der Waals surface area contributed by atoms with E-state index in [1.807, 2.05) is 0 Å². The first-order valence-corrected chi connectivity index (χ1v) is 5.70. The standard InChI is InChI=1S/C12H9BrN2O2/c13-9-3-1-8(2-4-9)11(16)7-10-5-6-14-12(17)15-10/h1-7H,(H2,14,15,17)/b10-7-. The molecule has 0 saturated carbocycles. The third-order valence-corrected chi connectivity index (χ3v) is 2.68. The molecule has 0 aromatic heterocycles. The van der Waals surface area contributed by atoms with Gasteiger partial charge in [-0.3, -0.25) is 4.79 Å². The number of hydrogen-bond donors (Lipinski definition) is 2. The van der Waals surface area contributed by atoms with E-state index in [9.17, 15) is 9.59 Å². The van der Waals surface area contributed by atoms with Crippen LogP contribution in [0.15, 0.2) is 52.8 Å². The number of urea groups is 1. The molecule has 86 valence electrons. The summed E-state index contributed by atoms with van der Waals surface area (Å²) in [6.45, 7) is 0. The molecule has 0 atom stereocenters. The van der Waals surface area contributed by atoms with E-state index < -0.39 is 0 Å². The highest BCUT2D eigenvalue weighted by atomic mass is 79.9. The van der Waals surface area contributed by atoms with Crippen molar-refractivity contribution in [2.75, 3.05) is 0 Å². The molecule has 0 bridgehead atoms. The molecule has 2 amide bonds. The number of rotatable bonds is 2. The van der Waals surface area contributed by atoms with Crippen LogP contribution in [-0.2, 0) is 0 Å². The predicted molar refractivity (Wildman–Crippen MR) is 67.4 cm³/mol. The lowest BCUT2D eigenvalue weighted by Gasteiger charge is -2.10. The monoisotopic (exact) mass is 292 g/mol.